The van der Waals surface area contributed by atoms with Gasteiger partial charge in [0.2, 0.25) is 0 Å². The average molecular weight is 437 g/mol. The molecule has 1 spiro atoms. The molecule has 0 radical (unpaired) electrons. The van der Waals surface area contributed by atoms with Gasteiger partial charge in [0, 0.05) is 52.2 Å². The lowest BCUT2D eigenvalue weighted by molar-refractivity contribution is -0.136. The number of hydrogen-bond donors (Lipinski definition) is 0. The van der Waals surface area contributed by atoms with Crippen LogP contribution < -0.4 is 0 Å². The Hall–Kier alpha value is -2.77. The number of benzene rings is 1. The van der Waals surface area contributed by atoms with Gasteiger partial charge in [-0.05, 0) is 42.9 Å². The largest absolute Gasteiger partial charge is 0.383 e. The molecule has 1 aromatic heterocycles. The molecule has 2 aliphatic rings. The summed E-state index contributed by atoms with van der Waals surface area (Å²) >= 11 is 0. The first-order valence-electron chi connectivity index (χ1n) is 11.4. The first kappa shape index (κ1) is 22.4. The van der Waals surface area contributed by atoms with Crippen molar-refractivity contribution in [3.05, 3.63) is 66.0 Å². The highest BCUT2D eigenvalue weighted by Crippen LogP contribution is 2.37. The average Bonchev–Trinajstić information content (AvgIpc) is 3.01. The summed E-state index contributed by atoms with van der Waals surface area (Å²) in [6, 6.07) is 14.1. The van der Waals surface area contributed by atoms with E-state index in [0.29, 0.717) is 32.5 Å². The van der Waals surface area contributed by atoms with Gasteiger partial charge in [0.25, 0.3) is 5.91 Å². The van der Waals surface area contributed by atoms with Crippen LogP contribution in [0.5, 0.6) is 0 Å². The van der Waals surface area contributed by atoms with Gasteiger partial charge in [-0.25, -0.2) is 4.79 Å². The number of amides is 3. The Morgan fingerprint density at radius 1 is 1.00 bits per heavy atom. The van der Waals surface area contributed by atoms with Gasteiger partial charge >= 0.3 is 6.03 Å². The zero-order valence-corrected chi connectivity index (χ0v) is 18.8. The Morgan fingerprint density at radius 2 is 1.75 bits per heavy atom. The molecule has 32 heavy (non-hydrogen) atoms. The van der Waals surface area contributed by atoms with E-state index in [1.165, 1.54) is 10.5 Å². The normalized spacial score (nSPS) is 18.7. The van der Waals surface area contributed by atoms with Crippen LogP contribution in [-0.4, -0.2) is 77.1 Å². The third-order valence-corrected chi connectivity index (χ3v) is 6.64. The van der Waals surface area contributed by atoms with E-state index in [4.69, 9.17) is 4.74 Å². The smallest absolute Gasteiger partial charge is 0.327 e. The van der Waals surface area contributed by atoms with Crippen LogP contribution in [0.3, 0.4) is 0 Å². The van der Waals surface area contributed by atoms with Crippen molar-refractivity contribution in [2.75, 3.05) is 39.9 Å². The summed E-state index contributed by atoms with van der Waals surface area (Å²) in [5.74, 6) is -0.0378. The number of piperidine rings is 1. The SMILES string of the molecule is COCCN1C(=O)N(CCCc2cccnc2)C(=O)C12CCN(Cc1ccccc1)CC2. The van der Waals surface area contributed by atoms with Crippen LogP contribution in [0.15, 0.2) is 54.9 Å². The van der Waals surface area contributed by atoms with E-state index >= 15 is 0 Å². The van der Waals surface area contributed by atoms with Crippen molar-refractivity contribution in [3.63, 3.8) is 0 Å². The number of carbonyl (C=O) groups is 2. The molecule has 0 atom stereocenters. The quantitative estimate of drug-likeness (QED) is 0.566. The van der Waals surface area contributed by atoms with Gasteiger partial charge in [-0.2, -0.15) is 0 Å². The number of methoxy groups -OCH3 is 1. The van der Waals surface area contributed by atoms with Gasteiger partial charge < -0.3 is 9.64 Å². The van der Waals surface area contributed by atoms with Crippen LogP contribution in [0, 0.1) is 0 Å². The Kier molecular flexibility index (Phi) is 7.17. The Bertz CT molecular complexity index is 898. The molecule has 170 valence electrons. The molecule has 7 nitrogen and oxygen atoms in total. The van der Waals surface area contributed by atoms with Gasteiger partial charge in [0.1, 0.15) is 5.54 Å². The van der Waals surface area contributed by atoms with Gasteiger partial charge in [-0.15, -0.1) is 0 Å². The van der Waals surface area contributed by atoms with Crippen LogP contribution in [0.4, 0.5) is 4.79 Å². The Balaban J connectivity index is 1.42. The molecular formula is C25H32N4O3. The number of imide groups is 1. The van der Waals surface area contributed by atoms with E-state index in [-0.39, 0.29) is 11.9 Å². The van der Waals surface area contributed by atoms with Crippen LogP contribution in [0.2, 0.25) is 0 Å². The molecule has 2 aliphatic heterocycles. The molecule has 0 bridgehead atoms. The number of aromatic nitrogens is 1. The van der Waals surface area contributed by atoms with Crippen molar-refractivity contribution in [2.24, 2.45) is 0 Å². The predicted octanol–water partition coefficient (Wildman–Crippen LogP) is 2.96. The van der Waals surface area contributed by atoms with Crippen molar-refractivity contribution in [1.82, 2.24) is 19.7 Å². The maximum Gasteiger partial charge on any atom is 0.327 e. The van der Waals surface area contributed by atoms with Crippen molar-refractivity contribution in [1.29, 1.82) is 0 Å². The highest BCUT2D eigenvalue weighted by molar-refractivity contribution is 6.07. The molecule has 0 aliphatic carbocycles. The summed E-state index contributed by atoms with van der Waals surface area (Å²) in [7, 11) is 1.63. The lowest BCUT2D eigenvalue weighted by Crippen LogP contribution is -2.57. The topological polar surface area (TPSA) is 66.0 Å². The number of urea groups is 1. The zero-order valence-electron chi connectivity index (χ0n) is 18.8. The molecule has 3 amide bonds. The number of aryl methyl sites for hydroxylation is 1. The summed E-state index contributed by atoms with van der Waals surface area (Å²) in [4.78, 5) is 36.6. The molecule has 2 saturated heterocycles. The number of rotatable bonds is 9. The number of hydrogen-bond acceptors (Lipinski definition) is 5. The van der Waals surface area contributed by atoms with E-state index in [2.05, 4.69) is 34.1 Å². The molecule has 4 rings (SSSR count). The highest BCUT2D eigenvalue weighted by atomic mass is 16.5. The van der Waals surface area contributed by atoms with Crippen LogP contribution >= 0.6 is 0 Å². The number of likely N-dealkylation sites (tertiary alicyclic amines) is 1. The Labute approximate surface area is 190 Å². The summed E-state index contributed by atoms with van der Waals surface area (Å²) in [6.07, 6.45) is 6.43. The van der Waals surface area contributed by atoms with Gasteiger partial charge in [-0.1, -0.05) is 36.4 Å². The molecule has 0 saturated carbocycles. The third kappa shape index (κ3) is 4.69. The van der Waals surface area contributed by atoms with E-state index in [0.717, 1.165) is 38.0 Å². The second-order valence-electron chi connectivity index (χ2n) is 8.64. The van der Waals surface area contributed by atoms with E-state index in [1.807, 2.05) is 24.4 Å². The van der Waals surface area contributed by atoms with Crippen molar-refractivity contribution in [3.8, 4) is 0 Å². The second kappa shape index (κ2) is 10.2. The minimum absolute atomic E-state index is 0.0378. The monoisotopic (exact) mass is 436 g/mol. The van der Waals surface area contributed by atoms with Crippen LogP contribution in [-0.2, 0) is 22.5 Å². The van der Waals surface area contributed by atoms with E-state index in [1.54, 1.807) is 18.2 Å². The molecule has 3 heterocycles. The van der Waals surface area contributed by atoms with Crippen molar-refractivity contribution >= 4 is 11.9 Å². The van der Waals surface area contributed by atoms with Crippen molar-refractivity contribution in [2.45, 2.75) is 37.8 Å². The fourth-order valence-corrected chi connectivity index (χ4v) is 4.87. The number of carbonyl (C=O) groups excluding carboxylic acids is 2. The molecule has 1 aromatic carbocycles. The molecule has 0 unspecified atom stereocenters. The minimum Gasteiger partial charge on any atom is -0.383 e. The summed E-state index contributed by atoms with van der Waals surface area (Å²) in [5, 5.41) is 0. The number of nitrogens with zero attached hydrogens (tertiary/aromatic N) is 4. The minimum atomic E-state index is -0.739. The van der Waals surface area contributed by atoms with Crippen LogP contribution in [0.1, 0.15) is 30.4 Å². The molecular weight excluding hydrogens is 404 g/mol. The first-order chi connectivity index (χ1) is 15.6. The second-order valence-corrected chi connectivity index (χ2v) is 8.64. The maximum atomic E-state index is 13.6. The highest BCUT2D eigenvalue weighted by Gasteiger charge is 2.57. The molecule has 2 aromatic rings. The van der Waals surface area contributed by atoms with Crippen LogP contribution in [0.25, 0.3) is 0 Å². The Morgan fingerprint density at radius 3 is 2.44 bits per heavy atom. The van der Waals surface area contributed by atoms with Gasteiger partial charge in [-0.3, -0.25) is 19.6 Å². The molecule has 2 fully saturated rings. The lowest BCUT2D eigenvalue weighted by atomic mass is 9.85. The summed E-state index contributed by atoms with van der Waals surface area (Å²) in [6.45, 7) is 3.76. The lowest BCUT2D eigenvalue weighted by Gasteiger charge is -2.42. The van der Waals surface area contributed by atoms with Crippen molar-refractivity contribution < 1.29 is 14.3 Å². The fraction of sp³-hybridized carbons (Fsp3) is 0.480. The van der Waals surface area contributed by atoms with E-state index in [9.17, 15) is 9.59 Å². The molecule has 7 heteroatoms. The summed E-state index contributed by atoms with van der Waals surface area (Å²) < 4.78 is 5.25. The maximum absolute atomic E-state index is 13.6. The number of pyridine rings is 1. The number of ether oxygens (including phenoxy) is 1. The standard InChI is InChI=1S/C25H32N4O3/c1-32-18-17-29-24(31)28(14-6-10-21-9-5-13-26-19-21)23(30)25(29)11-15-27(16-12-25)20-22-7-3-2-4-8-22/h2-5,7-9,13,19H,6,10-12,14-18,20H2,1H3. The predicted molar refractivity (Wildman–Crippen MR) is 122 cm³/mol. The van der Waals surface area contributed by atoms with E-state index < -0.39 is 5.54 Å². The third-order valence-electron chi connectivity index (χ3n) is 6.64. The molecule has 0 N–H and O–H groups in total. The summed E-state index contributed by atoms with van der Waals surface area (Å²) in [5.41, 5.74) is 1.65. The zero-order chi connectivity index (χ0) is 22.4. The van der Waals surface area contributed by atoms with Gasteiger partial charge in [0.15, 0.2) is 0 Å². The van der Waals surface area contributed by atoms with Gasteiger partial charge in [0.05, 0.1) is 6.61 Å². The fourth-order valence-electron chi connectivity index (χ4n) is 4.87. The first-order valence-corrected chi connectivity index (χ1v) is 11.4.